The monoisotopic (exact) mass is 535 g/mol. The Bertz CT molecular complexity index is 1450. The summed E-state index contributed by atoms with van der Waals surface area (Å²) in [5.41, 5.74) is 1.48. The zero-order chi connectivity index (χ0) is 24.8. The maximum Gasteiger partial charge on any atom is 0.344 e. The van der Waals surface area contributed by atoms with Crippen LogP contribution in [0, 0.1) is 0 Å². The van der Waals surface area contributed by atoms with Crippen molar-refractivity contribution in [2.75, 3.05) is 20.3 Å². The van der Waals surface area contributed by atoms with Gasteiger partial charge in [-0.2, -0.15) is 9.78 Å². The minimum Gasteiger partial charge on any atom is -0.493 e. The smallest absolute Gasteiger partial charge is 0.344 e. The molecule has 0 aliphatic rings. The highest BCUT2D eigenvalue weighted by molar-refractivity contribution is 9.10. The second-order valence-corrected chi connectivity index (χ2v) is 8.22. The number of benzene rings is 3. The lowest BCUT2D eigenvalue weighted by Crippen LogP contribution is -2.20. The fourth-order valence-corrected chi connectivity index (χ4v) is 3.90. The Balaban J connectivity index is 1.84. The van der Waals surface area contributed by atoms with Crippen LogP contribution in [0.25, 0.3) is 22.3 Å². The normalized spacial score (nSPS) is 11.1. The molecular weight excluding hydrogens is 514 g/mol. The molecule has 0 fully saturated rings. The molecule has 0 bridgehead atoms. The number of aromatic nitrogens is 2. The van der Waals surface area contributed by atoms with E-state index in [-0.39, 0.29) is 24.5 Å². The first-order valence-electron chi connectivity index (χ1n) is 10.8. The average molecular weight is 536 g/mol. The maximum absolute atomic E-state index is 13.4. The number of halogens is 1. The molecule has 0 N–H and O–H groups in total. The Morgan fingerprint density at radius 1 is 1.11 bits per heavy atom. The van der Waals surface area contributed by atoms with Gasteiger partial charge in [0, 0.05) is 15.6 Å². The summed E-state index contributed by atoms with van der Waals surface area (Å²) in [4.78, 5) is 29.9. The Hall–Kier alpha value is -3.98. The Kier molecular flexibility index (Phi) is 7.57. The summed E-state index contributed by atoms with van der Waals surface area (Å²) in [6.07, 6.45) is 1.47. The molecule has 0 aliphatic heterocycles. The van der Waals surface area contributed by atoms with Crippen molar-refractivity contribution < 1.29 is 19.0 Å². The molecule has 1 heterocycles. The summed E-state index contributed by atoms with van der Waals surface area (Å²) < 4.78 is 18.1. The molecular formula is C26H22BrN3O5. The van der Waals surface area contributed by atoms with Gasteiger partial charge in [-0.05, 0) is 31.2 Å². The van der Waals surface area contributed by atoms with Crippen molar-refractivity contribution >= 4 is 39.0 Å². The molecule has 3 aromatic carbocycles. The van der Waals surface area contributed by atoms with E-state index < -0.39 is 5.97 Å². The number of nitrogens with zero attached hydrogens (tertiary/aromatic N) is 3. The van der Waals surface area contributed by atoms with Crippen molar-refractivity contribution in [3.05, 3.63) is 87.1 Å². The van der Waals surface area contributed by atoms with Crippen molar-refractivity contribution in [2.45, 2.75) is 6.92 Å². The Labute approximate surface area is 209 Å². The minimum absolute atomic E-state index is 0.244. The van der Waals surface area contributed by atoms with Crippen LogP contribution in [0.5, 0.6) is 11.5 Å². The Morgan fingerprint density at radius 2 is 1.86 bits per heavy atom. The van der Waals surface area contributed by atoms with Crippen LogP contribution in [-0.4, -0.2) is 42.2 Å². The predicted molar refractivity (Wildman–Crippen MR) is 137 cm³/mol. The first-order valence-corrected chi connectivity index (χ1v) is 11.6. The molecule has 0 radical (unpaired) electrons. The molecule has 4 rings (SSSR count). The SMILES string of the molecule is CCOC(=O)COc1c(C=Nn2c(-c3ccccc3)nc3ccccc3c2=O)cc(Br)cc1OC. The molecule has 35 heavy (non-hydrogen) atoms. The second-order valence-electron chi connectivity index (χ2n) is 7.30. The molecule has 0 amide bonds. The molecule has 0 spiro atoms. The number of ether oxygens (including phenoxy) is 3. The fraction of sp³-hybridized carbons (Fsp3) is 0.154. The van der Waals surface area contributed by atoms with Gasteiger partial charge in [0.2, 0.25) is 0 Å². The summed E-state index contributed by atoms with van der Waals surface area (Å²) in [7, 11) is 1.49. The highest BCUT2D eigenvalue weighted by atomic mass is 79.9. The van der Waals surface area contributed by atoms with E-state index in [1.54, 1.807) is 37.3 Å². The van der Waals surface area contributed by atoms with Crippen LogP contribution in [0.15, 0.2) is 81.1 Å². The number of rotatable bonds is 8. The average Bonchev–Trinajstić information content (AvgIpc) is 2.87. The number of hydrogen-bond donors (Lipinski definition) is 0. The minimum atomic E-state index is -0.512. The summed E-state index contributed by atoms with van der Waals surface area (Å²) >= 11 is 3.45. The van der Waals surface area contributed by atoms with E-state index in [1.165, 1.54) is 18.0 Å². The second kappa shape index (κ2) is 11.0. The van der Waals surface area contributed by atoms with Gasteiger partial charge in [0.15, 0.2) is 23.9 Å². The lowest BCUT2D eigenvalue weighted by Gasteiger charge is -2.14. The number of fused-ring (bicyclic) bond motifs is 1. The number of hydrogen-bond acceptors (Lipinski definition) is 7. The lowest BCUT2D eigenvalue weighted by molar-refractivity contribution is -0.145. The topological polar surface area (TPSA) is 92.0 Å². The Morgan fingerprint density at radius 3 is 2.60 bits per heavy atom. The molecule has 0 aliphatic carbocycles. The van der Waals surface area contributed by atoms with Crippen molar-refractivity contribution in [3.8, 4) is 22.9 Å². The van der Waals surface area contributed by atoms with Gasteiger partial charge in [0.25, 0.3) is 5.56 Å². The van der Waals surface area contributed by atoms with Gasteiger partial charge in [-0.15, -0.1) is 0 Å². The molecule has 0 unspecified atom stereocenters. The zero-order valence-corrected chi connectivity index (χ0v) is 20.7. The van der Waals surface area contributed by atoms with E-state index in [4.69, 9.17) is 19.2 Å². The van der Waals surface area contributed by atoms with Crippen molar-refractivity contribution in [3.63, 3.8) is 0 Å². The predicted octanol–water partition coefficient (Wildman–Crippen LogP) is 4.66. The third kappa shape index (κ3) is 5.41. The van der Waals surface area contributed by atoms with Crippen LogP contribution in [0.2, 0.25) is 0 Å². The van der Waals surface area contributed by atoms with Gasteiger partial charge in [-0.25, -0.2) is 9.78 Å². The largest absolute Gasteiger partial charge is 0.493 e. The fourth-order valence-electron chi connectivity index (χ4n) is 3.45. The van der Waals surface area contributed by atoms with Gasteiger partial charge < -0.3 is 14.2 Å². The van der Waals surface area contributed by atoms with Gasteiger partial charge in [0.05, 0.1) is 30.8 Å². The van der Waals surface area contributed by atoms with Gasteiger partial charge in [0.1, 0.15) is 0 Å². The van der Waals surface area contributed by atoms with Crippen LogP contribution in [0.4, 0.5) is 0 Å². The van der Waals surface area contributed by atoms with Crippen molar-refractivity contribution in [1.82, 2.24) is 9.66 Å². The molecule has 0 atom stereocenters. The number of methoxy groups -OCH3 is 1. The summed E-state index contributed by atoms with van der Waals surface area (Å²) in [5, 5.41) is 4.93. The van der Waals surface area contributed by atoms with Crippen LogP contribution in [0.3, 0.4) is 0 Å². The van der Waals surface area contributed by atoms with Crippen molar-refractivity contribution in [2.24, 2.45) is 5.10 Å². The van der Waals surface area contributed by atoms with Gasteiger partial charge in [-0.1, -0.05) is 58.4 Å². The standard InChI is InChI=1S/C26H22BrN3O5/c1-3-34-23(31)16-35-24-18(13-19(27)14-22(24)33-2)15-28-30-25(17-9-5-4-6-10-17)29-21-12-8-7-11-20(21)26(30)32/h4-15H,3,16H2,1-2H3. The molecule has 0 saturated carbocycles. The summed E-state index contributed by atoms with van der Waals surface area (Å²) in [6, 6.07) is 19.9. The first-order chi connectivity index (χ1) is 17.0. The summed E-state index contributed by atoms with van der Waals surface area (Å²) in [5.74, 6) is 0.552. The maximum atomic E-state index is 13.4. The van der Waals surface area contributed by atoms with Crippen LogP contribution in [0.1, 0.15) is 12.5 Å². The van der Waals surface area contributed by atoms with Crippen LogP contribution in [-0.2, 0) is 9.53 Å². The molecule has 8 nitrogen and oxygen atoms in total. The van der Waals surface area contributed by atoms with E-state index in [1.807, 2.05) is 36.4 Å². The molecule has 0 saturated heterocycles. The van der Waals surface area contributed by atoms with E-state index in [0.717, 1.165) is 5.56 Å². The quantitative estimate of drug-likeness (QED) is 0.240. The highest BCUT2D eigenvalue weighted by Gasteiger charge is 2.16. The highest BCUT2D eigenvalue weighted by Crippen LogP contribution is 2.34. The lowest BCUT2D eigenvalue weighted by atomic mass is 10.2. The number of para-hydroxylation sites is 1. The third-order valence-corrected chi connectivity index (χ3v) is 5.46. The van der Waals surface area contributed by atoms with E-state index >= 15 is 0 Å². The first kappa shape index (κ1) is 24.2. The summed E-state index contributed by atoms with van der Waals surface area (Å²) in [6.45, 7) is 1.66. The van der Waals surface area contributed by atoms with Crippen LogP contribution >= 0.6 is 15.9 Å². The molecule has 178 valence electrons. The number of esters is 1. The molecule has 9 heteroatoms. The zero-order valence-electron chi connectivity index (χ0n) is 19.1. The van der Waals surface area contributed by atoms with Gasteiger partial charge >= 0.3 is 5.97 Å². The third-order valence-electron chi connectivity index (χ3n) is 5.01. The van der Waals surface area contributed by atoms with E-state index in [0.29, 0.717) is 32.5 Å². The molecule has 4 aromatic rings. The number of carbonyl (C=O) groups is 1. The van der Waals surface area contributed by atoms with Crippen LogP contribution < -0.4 is 15.0 Å². The van der Waals surface area contributed by atoms with Crippen molar-refractivity contribution in [1.29, 1.82) is 0 Å². The van der Waals surface area contributed by atoms with E-state index in [9.17, 15) is 9.59 Å². The number of carbonyl (C=O) groups excluding carboxylic acids is 1. The van der Waals surface area contributed by atoms with E-state index in [2.05, 4.69) is 21.0 Å². The molecule has 1 aromatic heterocycles. The van der Waals surface area contributed by atoms with Gasteiger partial charge in [-0.3, -0.25) is 4.79 Å².